The minimum atomic E-state index is -3.50. The third-order valence-electron chi connectivity index (χ3n) is 3.22. The number of aliphatic hydroxyl groups excluding tert-OH is 1. The third-order valence-corrected chi connectivity index (χ3v) is 5.50. The summed E-state index contributed by atoms with van der Waals surface area (Å²) in [6, 6.07) is 3.36. The van der Waals surface area contributed by atoms with Gasteiger partial charge < -0.3 is 5.11 Å². The normalized spacial score (nSPS) is 11.8. The van der Waals surface area contributed by atoms with E-state index in [2.05, 4.69) is 4.72 Å². The Morgan fingerprint density at radius 2 is 1.95 bits per heavy atom. The summed E-state index contributed by atoms with van der Waals surface area (Å²) >= 11 is 1.76. The first kappa shape index (κ1) is 17.5. The molecule has 0 aliphatic rings. The topological polar surface area (TPSA) is 66.4 Å². The molecular weight excluding hydrogens is 294 g/mol. The van der Waals surface area contributed by atoms with Crippen LogP contribution in [0.4, 0.5) is 0 Å². The molecule has 1 rings (SSSR count). The molecule has 0 bridgehead atoms. The molecule has 1 aromatic carbocycles. The Balaban J connectivity index is 2.84. The van der Waals surface area contributed by atoms with Crippen molar-refractivity contribution in [2.45, 2.75) is 38.2 Å². The quantitative estimate of drug-likeness (QED) is 0.722. The maximum absolute atomic E-state index is 12.3. The Kier molecular flexibility index (Phi) is 7.02. The number of aryl methyl sites for hydroxylation is 1. The second-order valence-electron chi connectivity index (χ2n) is 4.79. The van der Waals surface area contributed by atoms with E-state index in [1.807, 2.05) is 19.2 Å². The van der Waals surface area contributed by atoms with Gasteiger partial charge in [0, 0.05) is 6.54 Å². The number of thioether (sulfide) groups is 1. The van der Waals surface area contributed by atoms with Crippen molar-refractivity contribution in [2.75, 3.05) is 18.6 Å². The molecule has 0 fully saturated rings. The average Bonchev–Trinajstić information content (AvgIpc) is 2.41. The van der Waals surface area contributed by atoms with Crippen LogP contribution in [0.3, 0.4) is 0 Å². The summed E-state index contributed by atoms with van der Waals surface area (Å²) in [7, 11) is -3.50. The van der Waals surface area contributed by atoms with Crippen LogP contribution in [0.2, 0.25) is 0 Å². The van der Waals surface area contributed by atoms with Gasteiger partial charge in [-0.15, -0.1) is 0 Å². The van der Waals surface area contributed by atoms with E-state index in [9.17, 15) is 13.5 Å². The van der Waals surface area contributed by atoms with Gasteiger partial charge in [-0.25, -0.2) is 13.1 Å². The van der Waals surface area contributed by atoms with Crippen LogP contribution < -0.4 is 4.72 Å². The van der Waals surface area contributed by atoms with Gasteiger partial charge in [0.05, 0.1) is 11.5 Å². The summed E-state index contributed by atoms with van der Waals surface area (Å²) in [6.45, 7) is 3.94. The third kappa shape index (κ3) is 4.77. The van der Waals surface area contributed by atoms with E-state index in [1.54, 1.807) is 24.8 Å². The van der Waals surface area contributed by atoms with Crippen molar-refractivity contribution in [3.05, 3.63) is 28.8 Å². The first-order valence-corrected chi connectivity index (χ1v) is 9.49. The van der Waals surface area contributed by atoms with Crippen molar-refractivity contribution in [1.82, 2.24) is 4.72 Å². The van der Waals surface area contributed by atoms with Crippen LogP contribution in [0.1, 0.15) is 29.5 Å². The van der Waals surface area contributed by atoms with E-state index in [-0.39, 0.29) is 11.5 Å². The maximum atomic E-state index is 12.3. The minimum Gasteiger partial charge on any atom is -0.392 e. The minimum absolute atomic E-state index is 0.155. The molecule has 0 unspecified atom stereocenters. The number of hydrogen-bond acceptors (Lipinski definition) is 4. The average molecular weight is 317 g/mol. The molecule has 0 aliphatic carbocycles. The first-order chi connectivity index (χ1) is 9.42. The Labute approximate surface area is 126 Å². The van der Waals surface area contributed by atoms with Gasteiger partial charge in [0.15, 0.2) is 0 Å². The summed E-state index contributed by atoms with van der Waals surface area (Å²) in [5.41, 5.74) is 2.23. The van der Waals surface area contributed by atoms with Crippen LogP contribution in [-0.2, 0) is 16.6 Å². The van der Waals surface area contributed by atoms with Gasteiger partial charge in [-0.3, -0.25) is 0 Å². The highest BCUT2D eigenvalue weighted by Gasteiger charge is 2.18. The second-order valence-corrected chi connectivity index (χ2v) is 7.51. The molecule has 0 aliphatic heterocycles. The fourth-order valence-electron chi connectivity index (χ4n) is 1.93. The highest BCUT2D eigenvalue weighted by Crippen LogP contribution is 2.21. The van der Waals surface area contributed by atoms with Crippen molar-refractivity contribution in [2.24, 2.45) is 0 Å². The van der Waals surface area contributed by atoms with Gasteiger partial charge in [-0.1, -0.05) is 6.07 Å². The molecule has 0 amide bonds. The number of aliphatic hydroxyl groups is 1. The molecule has 6 heteroatoms. The number of nitrogens with one attached hydrogen (secondary N) is 1. The van der Waals surface area contributed by atoms with Crippen LogP contribution in [0.25, 0.3) is 0 Å². The van der Waals surface area contributed by atoms with Crippen LogP contribution in [0, 0.1) is 13.8 Å². The van der Waals surface area contributed by atoms with E-state index in [1.165, 1.54) is 0 Å². The number of rotatable bonds is 8. The highest BCUT2D eigenvalue weighted by atomic mass is 32.2. The number of sulfonamides is 1. The Morgan fingerprint density at radius 3 is 2.55 bits per heavy atom. The molecule has 0 radical (unpaired) electrons. The smallest absolute Gasteiger partial charge is 0.240 e. The molecule has 114 valence electrons. The molecule has 1 aromatic rings. The lowest BCUT2D eigenvalue weighted by Gasteiger charge is -2.13. The summed E-state index contributed by atoms with van der Waals surface area (Å²) in [6.07, 6.45) is 3.87. The molecule has 0 saturated heterocycles. The van der Waals surface area contributed by atoms with Gasteiger partial charge in [-0.2, -0.15) is 11.8 Å². The molecule has 0 aromatic heterocycles. The molecule has 20 heavy (non-hydrogen) atoms. The lowest BCUT2D eigenvalue weighted by molar-refractivity contribution is 0.281. The zero-order valence-corrected chi connectivity index (χ0v) is 13.9. The Morgan fingerprint density at radius 1 is 1.25 bits per heavy atom. The lowest BCUT2D eigenvalue weighted by Crippen LogP contribution is -2.26. The van der Waals surface area contributed by atoms with E-state index in [4.69, 9.17) is 0 Å². The van der Waals surface area contributed by atoms with E-state index in [0.29, 0.717) is 12.1 Å². The second kappa shape index (κ2) is 8.02. The van der Waals surface area contributed by atoms with E-state index < -0.39 is 10.0 Å². The van der Waals surface area contributed by atoms with Gasteiger partial charge in [-0.05, 0) is 61.5 Å². The molecule has 0 heterocycles. The highest BCUT2D eigenvalue weighted by molar-refractivity contribution is 7.98. The summed E-state index contributed by atoms with van der Waals surface area (Å²) in [4.78, 5) is 0.270. The number of benzene rings is 1. The fourth-order valence-corrected chi connectivity index (χ4v) is 3.86. The van der Waals surface area contributed by atoms with Gasteiger partial charge in [0.1, 0.15) is 0 Å². The SMILES string of the molecule is CSCCCCNS(=O)(=O)c1cc(CO)cc(C)c1C. The number of hydrogen-bond donors (Lipinski definition) is 2. The summed E-state index contributed by atoms with van der Waals surface area (Å²) in [5.74, 6) is 1.04. The van der Waals surface area contributed by atoms with Gasteiger partial charge in [0.25, 0.3) is 0 Å². The zero-order valence-electron chi connectivity index (χ0n) is 12.3. The molecular formula is C14H23NO3S2. The predicted octanol–water partition coefficient (Wildman–Crippen LogP) is 2.22. The van der Waals surface area contributed by atoms with Crippen molar-refractivity contribution < 1.29 is 13.5 Å². The first-order valence-electron chi connectivity index (χ1n) is 6.62. The van der Waals surface area contributed by atoms with E-state index in [0.717, 1.165) is 29.7 Å². The van der Waals surface area contributed by atoms with Crippen LogP contribution in [0.15, 0.2) is 17.0 Å². The van der Waals surface area contributed by atoms with Crippen molar-refractivity contribution >= 4 is 21.8 Å². The van der Waals surface area contributed by atoms with Crippen LogP contribution in [-0.4, -0.2) is 32.1 Å². The fraction of sp³-hybridized carbons (Fsp3) is 0.571. The monoisotopic (exact) mass is 317 g/mol. The Bertz CT molecular complexity index is 542. The maximum Gasteiger partial charge on any atom is 0.240 e. The molecule has 4 nitrogen and oxygen atoms in total. The summed E-state index contributed by atoms with van der Waals surface area (Å²) < 4.78 is 27.3. The lowest BCUT2D eigenvalue weighted by atomic mass is 10.1. The number of unbranched alkanes of at least 4 members (excludes halogenated alkanes) is 1. The van der Waals surface area contributed by atoms with Crippen molar-refractivity contribution in [1.29, 1.82) is 0 Å². The molecule has 0 atom stereocenters. The van der Waals surface area contributed by atoms with Crippen LogP contribution in [0.5, 0.6) is 0 Å². The zero-order chi connectivity index (χ0) is 15.2. The molecule has 2 N–H and O–H groups in total. The summed E-state index contributed by atoms with van der Waals surface area (Å²) in [5, 5.41) is 9.20. The Hall–Kier alpha value is -0.560. The van der Waals surface area contributed by atoms with E-state index >= 15 is 0 Å². The van der Waals surface area contributed by atoms with Gasteiger partial charge >= 0.3 is 0 Å². The standard InChI is InChI=1S/C14H23NO3S2/c1-11-8-13(10-16)9-14(12(11)2)20(17,18)15-6-4-5-7-19-3/h8-9,15-16H,4-7,10H2,1-3H3. The van der Waals surface area contributed by atoms with Crippen LogP contribution >= 0.6 is 11.8 Å². The molecule has 0 saturated carbocycles. The van der Waals surface area contributed by atoms with Gasteiger partial charge in [0.2, 0.25) is 10.0 Å². The van der Waals surface area contributed by atoms with Crippen molar-refractivity contribution in [3.63, 3.8) is 0 Å². The molecule has 0 spiro atoms. The van der Waals surface area contributed by atoms with Crippen molar-refractivity contribution in [3.8, 4) is 0 Å². The predicted molar refractivity (Wildman–Crippen MR) is 84.6 cm³/mol. The largest absolute Gasteiger partial charge is 0.392 e.